The first-order valence-electron chi connectivity index (χ1n) is 16.0. The van der Waals surface area contributed by atoms with Crippen LogP contribution in [0.2, 0.25) is 0 Å². The van der Waals surface area contributed by atoms with Crippen LogP contribution < -0.4 is 24.3 Å². The number of hydrogen-bond donors (Lipinski definition) is 5. The van der Waals surface area contributed by atoms with Crippen molar-refractivity contribution in [2.75, 3.05) is 27.9 Å². The molecule has 0 aromatic heterocycles. The van der Waals surface area contributed by atoms with Crippen LogP contribution in [0.15, 0.2) is 60.7 Å². The van der Waals surface area contributed by atoms with Crippen molar-refractivity contribution in [3.63, 3.8) is 0 Å². The molecule has 1 saturated carbocycles. The third kappa shape index (κ3) is 4.84. The number of fused-ring (bicyclic) bond motifs is 4. The van der Waals surface area contributed by atoms with E-state index in [4.69, 9.17) is 18.9 Å². The first-order chi connectivity index (χ1) is 22.9. The van der Waals surface area contributed by atoms with E-state index in [2.05, 4.69) is 5.32 Å². The van der Waals surface area contributed by atoms with Gasteiger partial charge < -0.3 is 49.6 Å². The number of benzene rings is 3. The quantitative estimate of drug-likeness (QED) is 0.230. The number of ether oxygens (including phenoxy) is 4. The molecule has 2 amide bonds. The largest absolute Gasteiger partial charge is 0.504 e. The van der Waals surface area contributed by atoms with Crippen molar-refractivity contribution in [1.82, 2.24) is 10.2 Å². The Morgan fingerprint density at radius 2 is 1.75 bits per heavy atom. The Labute approximate surface area is 278 Å². The van der Waals surface area contributed by atoms with Gasteiger partial charge in [0, 0.05) is 30.2 Å². The summed E-state index contributed by atoms with van der Waals surface area (Å²) in [6, 6.07) is 16.6. The van der Waals surface area contributed by atoms with E-state index in [0.717, 1.165) is 0 Å². The minimum atomic E-state index is -2.32. The zero-order chi connectivity index (χ0) is 34.6. The summed E-state index contributed by atoms with van der Waals surface area (Å²) in [5.41, 5.74) is -4.87. The smallest absolute Gasteiger partial charge is 0.253 e. The highest BCUT2D eigenvalue weighted by molar-refractivity contribution is 5.87. The fourth-order valence-electron chi connectivity index (χ4n) is 7.67. The summed E-state index contributed by atoms with van der Waals surface area (Å²) in [6.07, 6.45) is -1.41. The van der Waals surface area contributed by atoms with Gasteiger partial charge in [-0.1, -0.05) is 43.3 Å². The molecule has 3 aliphatic rings. The molecule has 3 aromatic rings. The molecule has 7 unspecified atom stereocenters. The van der Waals surface area contributed by atoms with E-state index < -0.39 is 52.7 Å². The zero-order valence-electron chi connectivity index (χ0n) is 27.6. The number of hydrogen-bond acceptors (Lipinski definition) is 10. The van der Waals surface area contributed by atoms with Crippen LogP contribution in [-0.4, -0.2) is 82.9 Å². The maximum atomic E-state index is 15.2. The predicted molar refractivity (Wildman–Crippen MR) is 173 cm³/mol. The molecular weight excluding hydrogens is 620 g/mol. The van der Waals surface area contributed by atoms with Crippen molar-refractivity contribution < 1.29 is 49.0 Å². The standard InChI is InChI=1S/C36H42N2O10/c1-6-34(2,43)33(42)37-27-13-10-16-38(27)31(40)30-28(20-11-8-7-9-12-20)36(21-14-15-24(46-4)23(39)17-21)32(41)35(30,44)29-25(47-5)18-22(45-3)19-26(29)48-36/h7-9,11-12,14-15,17-19,27-28,30,32,39,41,43-44H,6,10,13,16H2,1-5H3,(H,37,42). The normalized spacial score (nSPS) is 28.5. The van der Waals surface area contributed by atoms with Gasteiger partial charge in [0.2, 0.25) is 5.91 Å². The summed E-state index contributed by atoms with van der Waals surface area (Å²) in [5, 5.41) is 50.2. The first-order valence-corrected chi connectivity index (χ1v) is 16.0. The molecule has 2 bridgehead atoms. The molecular formula is C36H42N2O10. The second-order valence-corrected chi connectivity index (χ2v) is 12.9. The van der Waals surface area contributed by atoms with Crippen molar-refractivity contribution in [3.8, 4) is 28.7 Å². The minimum Gasteiger partial charge on any atom is -0.504 e. The van der Waals surface area contributed by atoms with Crippen molar-refractivity contribution in [3.05, 3.63) is 77.4 Å². The van der Waals surface area contributed by atoms with E-state index in [1.54, 1.807) is 49.4 Å². The third-order valence-corrected chi connectivity index (χ3v) is 10.3. The Hall–Kier alpha value is -4.52. The molecule has 5 N–H and O–H groups in total. The van der Waals surface area contributed by atoms with Gasteiger partial charge in [-0.05, 0) is 43.9 Å². The summed E-state index contributed by atoms with van der Waals surface area (Å²) in [5.74, 6) is -3.05. The van der Waals surface area contributed by atoms with Crippen LogP contribution in [0.4, 0.5) is 0 Å². The van der Waals surface area contributed by atoms with Gasteiger partial charge in [0.15, 0.2) is 17.1 Å². The molecule has 2 fully saturated rings. The Bertz CT molecular complexity index is 1710. The number of phenols is 1. The van der Waals surface area contributed by atoms with Crippen LogP contribution >= 0.6 is 0 Å². The van der Waals surface area contributed by atoms with Gasteiger partial charge in [0.05, 0.1) is 32.8 Å². The molecule has 48 heavy (non-hydrogen) atoms. The number of aliphatic hydroxyl groups is 3. The summed E-state index contributed by atoms with van der Waals surface area (Å²) >= 11 is 0. The second kappa shape index (κ2) is 12.2. The third-order valence-electron chi connectivity index (χ3n) is 10.3. The summed E-state index contributed by atoms with van der Waals surface area (Å²) in [7, 11) is 4.28. The van der Waals surface area contributed by atoms with Crippen molar-refractivity contribution >= 4 is 11.8 Å². The minimum absolute atomic E-state index is 0.0668. The molecule has 2 heterocycles. The predicted octanol–water partition coefficient (Wildman–Crippen LogP) is 2.89. The molecule has 1 aliphatic carbocycles. The highest BCUT2D eigenvalue weighted by Crippen LogP contribution is 2.68. The molecule has 6 rings (SSSR count). The number of methoxy groups -OCH3 is 3. The highest BCUT2D eigenvalue weighted by atomic mass is 16.5. The van der Waals surface area contributed by atoms with Crippen LogP contribution in [0.1, 0.15) is 55.7 Å². The number of carbonyl (C=O) groups excluding carboxylic acids is 2. The van der Waals surface area contributed by atoms with Gasteiger partial charge >= 0.3 is 0 Å². The van der Waals surface area contributed by atoms with E-state index in [9.17, 15) is 25.2 Å². The van der Waals surface area contributed by atoms with Gasteiger partial charge in [0.1, 0.15) is 40.7 Å². The highest BCUT2D eigenvalue weighted by Gasteiger charge is 2.76. The van der Waals surface area contributed by atoms with E-state index in [0.29, 0.717) is 24.2 Å². The Morgan fingerprint density at radius 3 is 2.38 bits per heavy atom. The van der Waals surface area contributed by atoms with Crippen molar-refractivity contribution in [1.29, 1.82) is 0 Å². The average molecular weight is 663 g/mol. The number of aliphatic hydroxyl groups excluding tert-OH is 1. The molecule has 12 nitrogen and oxygen atoms in total. The van der Waals surface area contributed by atoms with E-state index >= 15 is 4.79 Å². The van der Waals surface area contributed by atoms with E-state index in [1.165, 1.54) is 45.3 Å². The Morgan fingerprint density at radius 1 is 1.04 bits per heavy atom. The topological polar surface area (TPSA) is 167 Å². The van der Waals surface area contributed by atoms with Crippen molar-refractivity contribution in [2.24, 2.45) is 5.92 Å². The fraction of sp³-hybridized carbons (Fsp3) is 0.444. The lowest BCUT2D eigenvalue weighted by molar-refractivity contribution is -0.168. The average Bonchev–Trinajstić information content (AvgIpc) is 3.60. The molecule has 0 radical (unpaired) electrons. The summed E-state index contributed by atoms with van der Waals surface area (Å²) in [4.78, 5) is 29.7. The molecule has 2 aliphatic heterocycles. The van der Waals surface area contributed by atoms with Crippen LogP contribution in [0.25, 0.3) is 0 Å². The summed E-state index contributed by atoms with van der Waals surface area (Å²) < 4.78 is 23.4. The molecule has 256 valence electrons. The molecule has 7 atom stereocenters. The number of aromatic hydroxyl groups is 1. The number of rotatable bonds is 9. The lowest BCUT2D eigenvalue weighted by Gasteiger charge is -2.45. The number of nitrogens with one attached hydrogen (secondary N) is 1. The fourth-order valence-corrected chi connectivity index (χ4v) is 7.67. The van der Waals surface area contributed by atoms with Gasteiger partial charge in [-0.15, -0.1) is 0 Å². The number of amides is 2. The molecule has 3 aromatic carbocycles. The maximum absolute atomic E-state index is 15.2. The molecule has 0 spiro atoms. The van der Waals surface area contributed by atoms with Crippen molar-refractivity contribution in [2.45, 2.75) is 68.1 Å². The van der Waals surface area contributed by atoms with E-state index in [1.807, 2.05) is 6.07 Å². The maximum Gasteiger partial charge on any atom is 0.253 e. The monoisotopic (exact) mass is 662 g/mol. The number of phenolic OH excluding ortho intramolecular Hbond substituents is 1. The van der Waals surface area contributed by atoms with Gasteiger partial charge in [-0.25, -0.2) is 0 Å². The van der Waals surface area contributed by atoms with Gasteiger partial charge in [-0.2, -0.15) is 0 Å². The van der Waals surface area contributed by atoms with Gasteiger partial charge in [-0.3, -0.25) is 9.59 Å². The number of likely N-dealkylation sites (tertiary alicyclic amines) is 1. The Balaban J connectivity index is 1.61. The zero-order valence-corrected chi connectivity index (χ0v) is 27.6. The SMILES string of the molecule is CCC(C)(O)C(=O)NC1CCCN1C(=O)C1C(c2ccccc2)C2(c3ccc(OC)c(O)c3)Oc3cc(OC)cc(OC)c3C1(O)C2O. The Kier molecular flexibility index (Phi) is 8.47. The van der Waals surface area contributed by atoms with Crippen LogP contribution in [0.3, 0.4) is 0 Å². The lowest BCUT2D eigenvalue weighted by atomic mass is 9.75. The first kappa shape index (κ1) is 33.4. The van der Waals surface area contributed by atoms with Crippen LogP contribution in [0.5, 0.6) is 28.7 Å². The molecule has 12 heteroatoms. The van der Waals surface area contributed by atoms with Crippen LogP contribution in [0, 0.1) is 5.92 Å². The number of carbonyl (C=O) groups is 2. The molecule has 1 saturated heterocycles. The number of nitrogens with zero attached hydrogens (tertiary/aromatic N) is 1. The van der Waals surface area contributed by atoms with E-state index in [-0.39, 0.29) is 47.1 Å². The van der Waals surface area contributed by atoms with Crippen LogP contribution in [-0.2, 0) is 20.8 Å². The second-order valence-electron chi connectivity index (χ2n) is 12.9. The summed E-state index contributed by atoms with van der Waals surface area (Å²) in [6.45, 7) is 3.36. The van der Waals surface area contributed by atoms with Gasteiger partial charge in [0.25, 0.3) is 5.91 Å². The lowest BCUT2D eigenvalue weighted by Crippen LogP contribution is -2.57.